The van der Waals surface area contributed by atoms with Crippen LogP contribution in [0.3, 0.4) is 0 Å². The van der Waals surface area contributed by atoms with Gasteiger partial charge in [0.25, 0.3) is 0 Å². The van der Waals surface area contributed by atoms with Crippen molar-refractivity contribution in [2.45, 2.75) is 39.2 Å². The molecule has 2 N–H and O–H groups in total. The quantitative estimate of drug-likeness (QED) is 0.569. The zero-order valence-electron chi connectivity index (χ0n) is 12.8. The standard InChI is InChI=1S/C16H24N2O3/c1-3-4-5-6-10-17-15(19)16(20)18-12-13-8-7-9-14(11-13)21-2/h7-9,11H,3-6,10,12H2,1-2H3,(H,17,19)(H,18,20). The summed E-state index contributed by atoms with van der Waals surface area (Å²) in [5, 5.41) is 5.22. The number of hydrogen-bond acceptors (Lipinski definition) is 3. The third-order valence-corrected chi connectivity index (χ3v) is 3.11. The van der Waals surface area contributed by atoms with E-state index in [4.69, 9.17) is 4.74 Å². The molecule has 0 bridgehead atoms. The maximum atomic E-state index is 11.6. The van der Waals surface area contributed by atoms with Gasteiger partial charge < -0.3 is 15.4 Å². The second-order valence-electron chi connectivity index (χ2n) is 4.85. The fourth-order valence-electron chi connectivity index (χ4n) is 1.88. The molecule has 5 nitrogen and oxygen atoms in total. The fourth-order valence-corrected chi connectivity index (χ4v) is 1.88. The molecule has 0 saturated heterocycles. The Hall–Kier alpha value is -2.04. The Balaban J connectivity index is 2.27. The summed E-state index contributed by atoms with van der Waals surface area (Å²) in [5.74, 6) is -0.454. The van der Waals surface area contributed by atoms with E-state index in [1.54, 1.807) is 7.11 Å². The molecule has 0 aromatic heterocycles. The molecule has 0 aliphatic rings. The Kier molecular flexibility index (Phi) is 7.94. The van der Waals surface area contributed by atoms with E-state index in [1.165, 1.54) is 0 Å². The molecule has 0 saturated carbocycles. The Labute approximate surface area is 126 Å². The molecule has 0 unspecified atom stereocenters. The van der Waals surface area contributed by atoms with Crippen LogP contribution in [0.25, 0.3) is 0 Å². The van der Waals surface area contributed by atoms with Crippen LogP contribution >= 0.6 is 0 Å². The predicted molar refractivity (Wildman–Crippen MR) is 82.0 cm³/mol. The van der Waals surface area contributed by atoms with Gasteiger partial charge in [0.1, 0.15) is 5.75 Å². The van der Waals surface area contributed by atoms with Crippen molar-refractivity contribution in [3.8, 4) is 5.75 Å². The number of nitrogens with one attached hydrogen (secondary N) is 2. The molecule has 1 aromatic carbocycles. The van der Waals surface area contributed by atoms with Crippen LogP contribution < -0.4 is 15.4 Å². The van der Waals surface area contributed by atoms with Crippen LogP contribution in [-0.4, -0.2) is 25.5 Å². The summed E-state index contributed by atoms with van der Waals surface area (Å²) in [7, 11) is 1.59. The molecular weight excluding hydrogens is 268 g/mol. The van der Waals surface area contributed by atoms with Gasteiger partial charge >= 0.3 is 11.8 Å². The third kappa shape index (κ3) is 6.79. The average molecular weight is 292 g/mol. The van der Waals surface area contributed by atoms with Crippen molar-refractivity contribution in [3.05, 3.63) is 29.8 Å². The van der Waals surface area contributed by atoms with Crippen LogP contribution in [0.4, 0.5) is 0 Å². The molecule has 5 heteroatoms. The van der Waals surface area contributed by atoms with Gasteiger partial charge in [-0.3, -0.25) is 9.59 Å². The summed E-state index contributed by atoms with van der Waals surface area (Å²) in [5.41, 5.74) is 0.887. The van der Waals surface area contributed by atoms with E-state index in [2.05, 4.69) is 17.6 Å². The van der Waals surface area contributed by atoms with Crippen molar-refractivity contribution in [2.24, 2.45) is 0 Å². The Morgan fingerprint density at radius 1 is 1.10 bits per heavy atom. The first-order valence-corrected chi connectivity index (χ1v) is 7.36. The highest BCUT2D eigenvalue weighted by molar-refractivity contribution is 6.35. The topological polar surface area (TPSA) is 67.4 Å². The van der Waals surface area contributed by atoms with E-state index in [0.29, 0.717) is 13.1 Å². The van der Waals surface area contributed by atoms with Gasteiger partial charge in [0.15, 0.2) is 0 Å². The highest BCUT2D eigenvalue weighted by atomic mass is 16.5. The summed E-state index contributed by atoms with van der Waals surface area (Å²) in [6, 6.07) is 7.36. The number of unbranched alkanes of at least 4 members (excludes halogenated alkanes) is 3. The van der Waals surface area contributed by atoms with E-state index in [9.17, 15) is 9.59 Å². The second-order valence-corrected chi connectivity index (χ2v) is 4.85. The number of methoxy groups -OCH3 is 1. The Morgan fingerprint density at radius 2 is 1.86 bits per heavy atom. The monoisotopic (exact) mass is 292 g/mol. The van der Waals surface area contributed by atoms with E-state index in [-0.39, 0.29) is 0 Å². The smallest absolute Gasteiger partial charge is 0.309 e. The van der Waals surface area contributed by atoms with Gasteiger partial charge in [-0.15, -0.1) is 0 Å². The molecule has 2 amide bonds. The minimum absolute atomic E-state index is 0.305. The summed E-state index contributed by atoms with van der Waals surface area (Å²) in [6.07, 6.45) is 4.28. The molecule has 0 fully saturated rings. The summed E-state index contributed by atoms with van der Waals surface area (Å²) >= 11 is 0. The molecule has 0 atom stereocenters. The highest BCUT2D eigenvalue weighted by Gasteiger charge is 2.12. The van der Waals surface area contributed by atoms with E-state index >= 15 is 0 Å². The largest absolute Gasteiger partial charge is 0.497 e. The molecule has 116 valence electrons. The lowest BCUT2D eigenvalue weighted by Crippen LogP contribution is -2.39. The predicted octanol–water partition coefficient (Wildman–Crippen LogP) is 2.01. The van der Waals surface area contributed by atoms with Crippen molar-refractivity contribution >= 4 is 11.8 Å². The van der Waals surface area contributed by atoms with Crippen molar-refractivity contribution in [2.75, 3.05) is 13.7 Å². The average Bonchev–Trinajstić information content (AvgIpc) is 2.52. The van der Waals surface area contributed by atoms with Gasteiger partial charge in [-0.1, -0.05) is 38.3 Å². The molecule has 1 rings (SSSR count). The van der Waals surface area contributed by atoms with Gasteiger partial charge in [0.05, 0.1) is 7.11 Å². The van der Waals surface area contributed by atoms with Crippen LogP contribution in [0.2, 0.25) is 0 Å². The van der Waals surface area contributed by atoms with Gasteiger partial charge in [0.2, 0.25) is 0 Å². The number of amides is 2. The molecule has 0 radical (unpaired) electrons. The lowest BCUT2D eigenvalue weighted by molar-refractivity contribution is -0.139. The lowest BCUT2D eigenvalue weighted by atomic mass is 10.2. The van der Waals surface area contributed by atoms with E-state index < -0.39 is 11.8 Å². The van der Waals surface area contributed by atoms with E-state index in [0.717, 1.165) is 37.0 Å². The number of rotatable bonds is 8. The van der Waals surface area contributed by atoms with Crippen molar-refractivity contribution in [1.29, 1.82) is 0 Å². The first-order chi connectivity index (χ1) is 10.2. The number of carbonyl (C=O) groups excluding carboxylic acids is 2. The Morgan fingerprint density at radius 3 is 2.57 bits per heavy atom. The summed E-state index contributed by atoms with van der Waals surface area (Å²) in [4.78, 5) is 23.2. The zero-order valence-corrected chi connectivity index (χ0v) is 12.8. The first kappa shape index (κ1) is 17.0. The summed E-state index contributed by atoms with van der Waals surface area (Å²) in [6.45, 7) is 2.98. The van der Waals surface area contributed by atoms with Crippen molar-refractivity contribution in [3.63, 3.8) is 0 Å². The molecule has 0 aliphatic carbocycles. The maximum Gasteiger partial charge on any atom is 0.309 e. The van der Waals surface area contributed by atoms with Crippen LogP contribution in [0.15, 0.2) is 24.3 Å². The summed E-state index contributed by atoms with van der Waals surface area (Å²) < 4.78 is 5.10. The maximum absolute atomic E-state index is 11.6. The zero-order chi connectivity index (χ0) is 15.5. The van der Waals surface area contributed by atoms with Crippen LogP contribution in [0.5, 0.6) is 5.75 Å². The number of benzene rings is 1. The van der Waals surface area contributed by atoms with Gasteiger partial charge in [-0.05, 0) is 24.1 Å². The molecule has 0 aliphatic heterocycles. The highest BCUT2D eigenvalue weighted by Crippen LogP contribution is 2.11. The third-order valence-electron chi connectivity index (χ3n) is 3.11. The number of carbonyl (C=O) groups is 2. The number of hydrogen-bond donors (Lipinski definition) is 2. The van der Waals surface area contributed by atoms with Crippen LogP contribution in [0.1, 0.15) is 38.2 Å². The Bertz CT molecular complexity index is 461. The normalized spacial score (nSPS) is 10.0. The van der Waals surface area contributed by atoms with Crippen LogP contribution in [0, 0.1) is 0 Å². The molecular formula is C16H24N2O3. The molecule has 1 aromatic rings. The van der Waals surface area contributed by atoms with Gasteiger partial charge in [-0.25, -0.2) is 0 Å². The number of ether oxygens (including phenoxy) is 1. The molecule has 21 heavy (non-hydrogen) atoms. The fraction of sp³-hybridized carbons (Fsp3) is 0.500. The SMILES string of the molecule is CCCCCCNC(=O)C(=O)NCc1cccc(OC)c1. The minimum Gasteiger partial charge on any atom is -0.497 e. The van der Waals surface area contributed by atoms with E-state index in [1.807, 2.05) is 24.3 Å². The van der Waals surface area contributed by atoms with Crippen molar-refractivity contribution in [1.82, 2.24) is 10.6 Å². The van der Waals surface area contributed by atoms with Crippen LogP contribution in [-0.2, 0) is 16.1 Å². The van der Waals surface area contributed by atoms with Gasteiger partial charge in [-0.2, -0.15) is 0 Å². The molecule has 0 spiro atoms. The second kappa shape index (κ2) is 9.80. The lowest BCUT2D eigenvalue weighted by Gasteiger charge is -2.07. The first-order valence-electron chi connectivity index (χ1n) is 7.36. The van der Waals surface area contributed by atoms with Crippen molar-refractivity contribution < 1.29 is 14.3 Å². The molecule has 0 heterocycles. The van der Waals surface area contributed by atoms with Gasteiger partial charge in [0, 0.05) is 13.1 Å². The minimum atomic E-state index is -0.603.